The first-order valence-corrected chi connectivity index (χ1v) is 13.8. The Kier molecular flexibility index (Phi) is 7.59. The third-order valence-electron chi connectivity index (χ3n) is 6.28. The molecule has 0 aliphatic rings. The molecule has 1 heterocycles. The van der Waals surface area contributed by atoms with Gasteiger partial charge in [0.2, 0.25) is 10.0 Å². The molecule has 5 rings (SSSR count). The molecule has 186 valence electrons. The Morgan fingerprint density at radius 3 is 1.76 bits per heavy atom. The fourth-order valence-corrected chi connectivity index (χ4v) is 5.93. The summed E-state index contributed by atoms with van der Waals surface area (Å²) in [5, 5.41) is 4.76. The van der Waals surface area contributed by atoms with Crippen molar-refractivity contribution in [3.05, 3.63) is 144 Å². The Hall–Kier alpha value is -4.00. The summed E-state index contributed by atoms with van der Waals surface area (Å²) in [5.41, 5.74) is 4.33. The van der Waals surface area contributed by atoms with Gasteiger partial charge >= 0.3 is 0 Å². The van der Waals surface area contributed by atoms with Crippen LogP contribution in [0, 0.1) is 0 Å². The molecule has 5 nitrogen and oxygen atoms in total. The van der Waals surface area contributed by atoms with E-state index in [2.05, 4.69) is 0 Å². The van der Waals surface area contributed by atoms with Crippen molar-refractivity contribution in [3.63, 3.8) is 0 Å². The fraction of sp³-hybridized carbons (Fsp3) is 0.129. The molecule has 0 bridgehead atoms. The van der Waals surface area contributed by atoms with Crippen LogP contribution in [0.5, 0.6) is 0 Å². The molecular weight excluding hydrogens is 478 g/mol. The largest absolute Gasteiger partial charge is 0.266 e. The lowest BCUT2D eigenvalue weighted by atomic mass is 10.1. The van der Waals surface area contributed by atoms with E-state index in [1.165, 1.54) is 0 Å². The van der Waals surface area contributed by atoms with Gasteiger partial charge in [0.1, 0.15) is 10.6 Å². The van der Waals surface area contributed by atoms with Crippen molar-refractivity contribution in [3.8, 4) is 11.3 Å². The molecule has 0 atom stereocenters. The molecule has 0 spiro atoms. The number of rotatable bonds is 10. The van der Waals surface area contributed by atoms with E-state index in [1.54, 1.807) is 15.2 Å². The molecule has 0 saturated carbocycles. The van der Waals surface area contributed by atoms with Gasteiger partial charge in [-0.15, -0.1) is 0 Å². The summed E-state index contributed by atoms with van der Waals surface area (Å²) < 4.78 is 31.9. The third kappa shape index (κ3) is 6.05. The van der Waals surface area contributed by atoms with Crippen LogP contribution < -0.4 is 0 Å². The maximum atomic E-state index is 14.3. The van der Waals surface area contributed by atoms with E-state index in [-0.39, 0.29) is 11.4 Å². The van der Waals surface area contributed by atoms with Crippen LogP contribution >= 0.6 is 0 Å². The molecule has 0 saturated heterocycles. The molecular formula is C31H29N3O2S. The molecule has 6 heteroatoms. The molecule has 0 aliphatic heterocycles. The zero-order valence-corrected chi connectivity index (χ0v) is 21.3. The summed E-state index contributed by atoms with van der Waals surface area (Å²) in [6.45, 7) is 1.13. The maximum absolute atomic E-state index is 14.3. The summed E-state index contributed by atoms with van der Waals surface area (Å²) in [6, 6.07) is 39.2. The molecule has 4 aromatic carbocycles. The highest BCUT2D eigenvalue weighted by molar-refractivity contribution is 7.89. The lowest BCUT2D eigenvalue weighted by molar-refractivity contribution is 0.409. The second-order valence-corrected chi connectivity index (χ2v) is 10.9. The van der Waals surface area contributed by atoms with Gasteiger partial charge < -0.3 is 0 Å². The number of hydrogen-bond acceptors (Lipinski definition) is 3. The molecule has 1 aromatic heterocycles. The van der Waals surface area contributed by atoms with Crippen LogP contribution in [0.25, 0.3) is 11.3 Å². The minimum absolute atomic E-state index is 0.221. The van der Waals surface area contributed by atoms with Crippen LogP contribution in [-0.2, 0) is 29.5 Å². The monoisotopic (exact) mass is 507 g/mol. The zero-order chi connectivity index (χ0) is 25.5. The van der Waals surface area contributed by atoms with Gasteiger partial charge in [0.15, 0.2) is 0 Å². The SMILES string of the molecule is O=S(=O)(c1cn(Cc2ccccc2)nc1-c1ccccc1)N(CCc1ccccc1)Cc1ccccc1. The van der Waals surface area contributed by atoms with Gasteiger partial charge in [-0.25, -0.2) is 8.42 Å². The highest BCUT2D eigenvalue weighted by Crippen LogP contribution is 2.30. The van der Waals surface area contributed by atoms with E-state index >= 15 is 0 Å². The van der Waals surface area contributed by atoms with Crippen LogP contribution in [0.1, 0.15) is 16.7 Å². The second-order valence-electron chi connectivity index (χ2n) is 8.95. The van der Waals surface area contributed by atoms with Crippen molar-refractivity contribution < 1.29 is 8.42 Å². The topological polar surface area (TPSA) is 55.2 Å². The minimum Gasteiger partial charge on any atom is -0.266 e. The number of aromatic nitrogens is 2. The Bertz CT molecular complexity index is 1520. The molecule has 0 radical (unpaired) electrons. The first kappa shape index (κ1) is 24.7. The summed E-state index contributed by atoms with van der Waals surface area (Å²) in [4.78, 5) is 0.221. The van der Waals surface area contributed by atoms with Gasteiger partial charge in [0, 0.05) is 24.8 Å². The predicted molar refractivity (Wildman–Crippen MR) is 147 cm³/mol. The van der Waals surface area contributed by atoms with Crippen LogP contribution in [0.3, 0.4) is 0 Å². The van der Waals surface area contributed by atoms with Crippen molar-refractivity contribution in [2.24, 2.45) is 0 Å². The molecule has 0 aliphatic carbocycles. The normalized spacial score (nSPS) is 11.6. The standard InChI is InChI=1S/C31H29N3O2S/c35-37(36,34(24-28-17-9-3-10-18-28)22-21-26-13-5-1-6-14-26)30-25-33(23-27-15-7-2-8-16-27)32-31(30)29-19-11-4-12-20-29/h1-20,25H,21-24H2. The quantitative estimate of drug-likeness (QED) is 0.232. The van der Waals surface area contributed by atoms with Crippen LogP contribution in [0.4, 0.5) is 0 Å². The second kappa shape index (κ2) is 11.4. The molecule has 0 N–H and O–H groups in total. The van der Waals surface area contributed by atoms with Crippen LogP contribution in [0.2, 0.25) is 0 Å². The Morgan fingerprint density at radius 2 is 1.16 bits per heavy atom. The lowest BCUT2D eigenvalue weighted by Crippen LogP contribution is -2.32. The van der Waals surface area contributed by atoms with Crippen LogP contribution in [0.15, 0.2) is 132 Å². The summed E-state index contributed by atoms with van der Waals surface area (Å²) in [5.74, 6) is 0. The van der Waals surface area contributed by atoms with Gasteiger partial charge in [0.05, 0.1) is 6.54 Å². The van der Waals surface area contributed by atoms with E-state index < -0.39 is 10.0 Å². The number of nitrogens with zero attached hydrogens (tertiary/aromatic N) is 3. The highest BCUT2D eigenvalue weighted by Gasteiger charge is 2.30. The Balaban J connectivity index is 1.54. The van der Waals surface area contributed by atoms with Gasteiger partial charge in [-0.05, 0) is 23.1 Å². The Morgan fingerprint density at radius 1 is 0.649 bits per heavy atom. The average Bonchev–Trinajstić information content (AvgIpc) is 3.38. The molecule has 0 unspecified atom stereocenters. The zero-order valence-electron chi connectivity index (χ0n) is 20.5. The van der Waals surface area contributed by atoms with Crippen molar-refractivity contribution in [1.29, 1.82) is 0 Å². The van der Waals surface area contributed by atoms with Gasteiger partial charge in [-0.2, -0.15) is 9.40 Å². The molecule has 37 heavy (non-hydrogen) atoms. The number of hydrogen-bond donors (Lipinski definition) is 0. The van der Waals surface area contributed by atoms with Gasteiger partial charge in [-0.3, -0.25) is 4.68 Å². The van der Waals surface area contributed by atoms with Gasteiger partial charge in [-0.1, -0.05) is 121 Å². The van der Waals surface area contributed by atoms with Crippen LogP contribution in [-0.4, -0.2) is 29.0 Å². The van der Waals surface area contributed by atoms with E-state index in [0.29, 0.717) is 25.2 Å². The first-order valence-electron chi connectivity index (χ1n) is 12.3. The summed E-state index contributed by atoms with van der Waals surface area (Å²) >= 11 is 0. The molecule has 0 amide bonds. The highest BCUT2D eigenvalue weighted by atomic mass is 32.2. The van der Waals surface area contributed by atoms with E-state index in [4.69, 9.17) is 5.10 Å². The van der Waals surface area contributed by atoms with Crippen molar-refractivity contribution in [1.82, 2.24) is 14.1 Å². The molecule has 0 fully saturated rings. The summed E-state index contributed by atoms with van der Waals surface area (Å²) in [6.07, 6.45) is 2.29. The average molecular weight is 508 g/mol. The van der Waals surface area contributed by atoms with Crippen molar-refractivity contribution in [2.75, 3.05) is 6.54 Å². The fourth-order valence-electron chi connectivity index (χ4n) is 4.35. The third-order valence-corrected chi connectivity index (χ3v) is 8.12. The predicted octanol–water partition coefficient (Wildman–Crippen LogP) is 6.03. The smallest absolute Gasteiger partial charge is 0.247 e. The minimum atomic E-state index is -3.87. The molecule has 5 aromatic rings. The Labute approximate surface area is 218 Å². The van der Waals surface area contributed by atoms with E-state index in [1.807, 2.05) is 121 Å². The van der Waals surface area contributed by atoms with Crippen molar-refractivity contribution in [2.45, 2.75) is 24.4 Å². The van der Waals surface area contributed by atoms with Crippen molar-refractivity contribution >= 4 is 10.0 Å². The maximum Gasteiger partial charge on any atom is 0.247 e. The first-order chi connectivity index (χ1) is 18.1. The van der Waals surface area contributed by atoms with Gasteiger partial charge in [0.25, 0.3) is 0 Å². The van der Waals surface area contributed by atoms with E-state index in [0.717, 1.165) is 22.3 Å². The number of sulfonamides is 1. The lowest BCUT2D eigenvalue weighted by Gasteiger charge is -2.22. The summed E-state index contributed by atoms with van der Waals surface area (Å²) in [7, 11) is -3.87. The van der Waals surface area contributed by atoms with E-state index in [9.17, 15) is 8.42 Å². The number of benzene rings is 4.